The third-order valence-electron chi connectivity index (χ3n) is 3.03. The van der Waals surface area contributed by atoms with Gasteiger partial charge in [0.25, 0.3) is 0 Å². The van der Waals surface area contributed by atoms with Crippen LogP contribution < -0.4 is 5.32 Å². The van der Waals surface area contributed by atoms with Crippen LogP contribution in [-0.4, -0.2) is 68.1 Å². The number of carbonyl (C=O) groups excluding carboxylic acids is 1. The van der Waals surface area contributed by atoms with Gasteiger partial charge in [0.1, 0.15) is 6.04 Å². The van der Waals surface area contributed by atoms with E-state index in [0.717, 1.165) is 4.90 Å². The van der Waals surface area contributed by atoms with Gasteiger partial charge in [0.05, 0.1) is 6.10 Å². The lowest BCUT2D eigenvalue weighted by atomic mass is 10.2. The molecule has 8 heteroatoms. The number of aliphatic hydroxyl groups excluding tert-OH is 1. The number of nitrogens with zero attached hydrogens (tertiary/aromatic N) is 1. The Morgan fingerprint density at radius 2 is 2.16 bits per heavy atom. The van der Waals surface area contributed by atoms with Crippen LogP contribution in [0.5, 0.6) is 0 Å². The number of urea groups is 1. The van der Waals surface area contributed by atoms with Crippen molar-refractivity contribution in [3.63, 3.8) is 0 Å². The average molecular weight is 292 g/mol. The number of aliphatic hydroxyl groups is 1. The van der Waals surface area contributed by atoms with E-state index < -0.39 is 34.9 Å². The lowest BCUT2D eigenvalue weighted by Crippen LogP contribution is -2.48. The molecule has 1 aliphatic rings. The molecule has 1 rings (SSSR count). The van der Waals surface area contributed by atoms with E-state index in [2.05, 4.69) is 5.32 Å². The highest BCUT2D eigenvalue weighted by atomic mass is 32.2. The summed E-state index contributed by atoms with van der Waals surface area (Å²) in [6.07, 6.45) is 1.40. The van der Waals surface area contributed by atoms with Gasteiger partial charge in [0.15, 0.2) is 0 Å². The summed E-state index contributed by atoms with van der Waals surface area (Å²) in [6, 6.07) is -1.68. The zero-order valence-corrected chi connectivity index (χ0v) is 11.9. The molecule has 2 unspecified atom stereocenters. The second kappa shape index (κ2) is 6.85. The number of hydrogen-bond acceptors (Lipinski definition) is 4. The molecule has 3 N–H and O–H groups in total. The van der Waals surface area contributed by atoms with Crippen molar-refractivity contribution < 1.29 is 24.0 Å². The predicted molar refractivity (Wildman–Crippen MR) is 70.3 cm³/mol. The van der Waals surface area contributed by atoms with Crippen molar-refractivity contribution in [3.8, 4) is 0 Å². The van der Waals surface area contributed by atoms with Crippen molar-refractivity contribution in [1.29, 1.82) is 0 Å². The van der Waals surface area contributed by atoms with Gasteiger partial charge < -0.3 is 20.4 Å². The van der Waals surface area contributed by atoms with Crippen LogP contribution in [0.1, 0.15) is 19.8 Å². The van der Waals surface area contributed by atoms with Crippen LogP contribution in [0, 0.1) is 0 Å². The second-order valence-electron chi connectivity index (χ2n) is 4.81. The smallest absolute Gasteiger partial charge is 0.326 e. The number of carboxylic acid groups (broad SMARTS) is 1. The average Bonchev–Trinajstić information content (AvgIpc) is 2.69. The van der Waals surface area contributed by atoms with Gasteiger partial charge in [-0.15, -0.1) is 0 Å². The number of β-amino-alcohol motifs (C(OH)–C–C–N with tert-alkyl or cyclic N) is 1. The van der Waals surface area contributed by atoms with Crippen LogP contribution in [0.25, 0.3) is 0 Å². The van der Waals surface area contributed by atoms with Crippen LogP contribution in [-0.2, 0) is 15.6 Å². The Hall–Kier alpha value is -1.15. The molecule has 0 aromatic rings. The Balaban J connectivity index is 2.52. The van der Waals surface area contributed by atoms with E-state index in [-0.39, 0.29) is 19.0 Å². The first-order chi connectivity index (χ1) is 8.81. The minimum Gasteiger partial charge on any atom is -0.480 e. The molecule has 0 bridgehead atoms. The standard InChI is InChI=1S/C11H20N2O5S/c1-7(3-4-19(2)18)12-11(17)13-6-8(14)5-9(13)10(15)16/h7-9,14H,3-6H2,1-2H3,(H,12,17)(H,15,16)/t7?,8-,9-,19?/m0/s1. The lowest BCUT2D eigenvalue weighted by molar-refractivity contribution is -0.141. The number of aliphatic carboxylic acids is 1. The zero-order valence-electron chi connectivity index (χ0n) is 11.0. The van der Waals surface area contributed by atoms with Gasteiger partial charge in [0, 0.05) is 41.8 Å². The van der Waals surface area contributed by atoms with Crippen LogP contribution in [0.4, 0.5) is 4.79 Å². The van der Waals surface area contributed by atoms with Crippen molar-refractivity contribution in [2.45, 2.75) is 38.0 Å². The molecule has 7 nitrogen and oxygen atoms in total. The normalized spacial score (nSPS) is 25.9. The number of carboxylic acids is 1. The van der Waals surface area contributed by atoms with E-state index in [4.69, 9.17) is 5.11 Å². The van der Waals surface area contributed by atoms with E-state index in [1.165, 1.54) is 0 Å². The SMILES string of the molecule is CC(CCS(C)=O)NC(=O)N1C[C@@H](O)C[C@H]1C(=O)O. The van der Waals surface area contributed by atoms with Gasteiger partial charge in [-0.1, -0.05) is 0 Å². The summed E-state index contributed by atoms with van der Waals surface area (Å²) >= 11 is 0. The van der Waals surface area contributed by atoms with E-state index in [0.29, 0.717) is 12.2 Å². The van der Waals surface area contributed by atoms with Crippen molar-refractivity contribution in [2.75, 3.05) is 18.6 Å². The highest BCUT2D eigenvalue weighted by Gasteiger charge is 2.39. The minimum atomic E-state index is -1.12. The molecule has 0 radical (unpaired) electrons. The number of hydrogen-bond donors (Lipinski definition) is 3. The largest absolute Gasteiger partial charge is 0.480 e. The fraction of sp³-hybridized carbons (Fsp3) is 0.818. The molecule has 2 amide bonds. The Bertz CT molecular complexity index is 376. The Labute approximate surface area is 114 Å². The fourth-order valence-corrected chi connectivity index (χ4v) is 2.67. The maximum Gasteiger partial charge on any atom is 0.326 e. The highest BCUT2D eigenvalue weighted by molar-refractivity contribution is 7.84. The van der Waals surface area contributed by atoms with Crippen LogP contribution in [0.15, 0.2) is 0 Å². The first-order valence-electron chi connectivity index (χ1n) is 6.09. The maximum atomic E-state index is 11.9. The molecule has 110 valence electrons. The molecule has 0 aromatic heterocycles. The Kier molecular flexibility index (Phi) is 5.74. The summed E-state index contributed by atoms with van der Waals surface area (Å²) in [5, 5.41) is 21.1. The number of carbonyl (C=O) groups is 2. The van der Waals surface area contributed by atoms with Gasteiger partial charge >= 0.3 is 12.0 Å². The van der Waals surface area contributed by atoms with Gasteiger partial charge in [-0.05, 0) is 13.3 Å². The van der Waals surface area contributed by atoms with Crippen LogP contribution in [0.2, 0.25) is 0 Å². The fourth-order valence-electron chi connectivity index (χ4n) is 1.98. The van der Waals surface area contributed by atoms with Crippen molar-refractivity contribution in [1.82, 2.24) is 10.2 Å². The molecule has 1 heterocycles. The Morgan fingerprint density at radius 1 is 1.53 bits per heavy atom. The molecule has 1 fully saturated rings. The van der Waals surface area contributed by atoms with E-state index in [1.54, 1.807) is 13.2 Å². The van der Waals surface area contributed by atoms with Crippen molar-refractivity contribution >= 4 is 22.8 Å². The molecular formula is C11H20N2O5S. The molecule has 0 spiro atoms. The maximum absolute atomic E-state index is 11.9. The van der Waals surface area contributed by atoms with Gasteiger partial charge in [-0.25, -0.2) is 9.59 Å². The highest BCUT2D eigenvalue weighted by Crippen LogP contribution is 2.18. The number of nitrogens with one attached hydrogen (secondary N) is 1. The first kappa shape index (κ1) is 15.9. The number of amides is 2. The predicted octanol–water partition coefficient (Wildman–Crippen LogP) is -0.627. The third-order valence-corrected chi connectivity index (χ3v) is 3.84. The van der Waals surface area contributed by atoms with E-state index in [1.807, 2.05) is 0 Å². The molecule has 1 saturated heterocycles. The quantitative estimate of drug-likeness (QED) is 0.625. The van der Waals surface area contributed by atoms with Gasteiger partial charge in [-0.2, -0.15) is 0 Å². The zero-order chi connectivity index (χ0) is 14.6. The molecule has 19 heavy (non-hydrogen) atoms. The van der Waals surface area contributed by atoms with Crippen LogP contribution in [0.3, 0.4) is 0 Å². The van der Waals surface area contributed by atoms with E-state index >= 15 is 0 Å². The second-order valence-corrected chi connectivity index (χ2v) is 6.37. The van der Waals surface area contributed by atoms with Crippen molar-refractivity contribution in [3.05, 3.63) is 0 Å². The summed E-state index contributed by atoms with van der Waals surface area (Å²) < 4.78 is 11.0. The molecule has 1 aliphatic heterocycles. The first-order valence-corrected chi connectivity index (χ1v) is 7.82. The topological polar surface area (TPSA) is 107 Å². The van der Waals surface area contributed by atoms with Crippen LogP contribution >= 0.6 is 0 Å². The van der Waals surface area contributed by atoms with Gasteiger partial charge in [0.2, 0.25) is 0 Å². The number of rotatable bonds is 5. The third kappa shape index (κ3) is 4.79. The van der Waals surface area contributed by atoms with Crippen molar-refractivity contribution in [2.24, 2.45) is 0 Å². The minimum absolute atomic E-state index is 0.0230. The molecule has 0 aliphatic carbocycles. The molecule has 4 atom stereocenters. The summed E-state index contributed by atoms with van der Waals surface area (Å²) in [4.78, 5) is 24.0. The summed E-state index contributed by atoms with van der Waals surface area (Å²) in [5.41, 5.74) is 0. The monoisotopic (exact) mass is 292 g/mol. The molecular weight excluding hydrogens is 272 g/mol. The summed E-state index contributed by atoms with van der Waals surface area (Å²) in [5.74, 6) is -0.638. The van der Waals surface area contributed by atoms with E-state index in [9.17, 15) is 18.9 Å². The molecule has 0 aromatic carbocycles. The summed E-state index contributed by atoms with van der Waals surface area (Å²) in [7, 11) is -0.922. The summed E-state index contributed by atoms with van der Waals surface area (Å²) in [6.45, 7) is 1.79. The molecule has 0 saturated carbocycles. The number of likely N-dealkylation sites (tertiary alicyclic amines) is 1. The lowest BCUT2D eigenvalue weighted by Gasteiger charge is -2.24. The van der Waals surface area contributed by atoms with Gasteiger partial charge in [-0.3, -0.25) is 4.21 Å². The Morgan fingerprint density at radius 3 is 2.68 bits per heavy atom.